The summed E-state index contributed by atoms with van der Waals surface area (Å²) in [5.41, 5.74) is 0.356. The van der Waals surface area contributed by atoms with Gasteiger partial charge in [0, 0.05) is 12.1 Å². The van der Waals surface area contributed by atoms with Crippen LogP contribution in [0.25, 0.3) is 0 Å². The van der Waals surface area contributed by atoms with Crippen molar-refractivity contribution in [2.45, 2.75) is 18.6 Å². The summed E-state index contributed by atoms with van der Waals surface area (Å²) in [4.78, 5) is 33.4. The van der Waals surface area contributed by atoms with Gasteiger partial charge >= 0.3 is 0 Å². The SMILES string of the molecule is O=C(Cc1ccccc1)N[C@@H](C(=O)[O-])[C@@H](O)c1cccc([N+](=O)[O-])c1. The molecule has 2 aromatic rings. The van der Waals surface area contributed by atoms with Crippen LogP contribution >= 0.6 is 0 Å². The number of amides is 1. The van der Waals surface area contributed by atoms with Crippen molar-refractivity contribution in [1.29, 1.82) is 0 Å². The number of carboxylic acid groups (broad SMARTS) is 1. The van der Waals surface area contributed by atoms with Crippen molar-refractivity contribution in [3.63, 3.8) is 0 Å². The van der Waals surface area contributed by atoms with Crippen molar-refractivity contribution in [3.8, 4) is 0 Å². The molecule has 0 aliphatic heterocycles. The van der Waals surface area contributed by atoms with Crippen LogP contribution in [0.5, 0.6) is 0 Å². The maximum atomic E-state index is 12.0. The molecule has 0 fully saturated rings. The molecular formula is C17H15N2O6-. The Bertz CT molecular complexity index is 778. The molecule has 0 saturated heterocycles. The van der Waals surface area contributed by atoms with Crippen LogP contribution in [0.2, 0.25) is 0 Å². The van der Waals surface area contributed by atoms with E-state index in [0.717, 1.165) is 6.07 Å². The maximum Gasteiger partial charge on any atom is 0.269 e. The van der Waals surface area contributed by atoms with E-state index >= 15 is 0 Å². The number of carbonyl (C=O) groups is 2. The molecule has 0 radical (unpaired) electrons. The smallest absolute Gasteiger partial charge is 0.269 e. The fraction of sp³-hybridized carbons (Fsp3) is 0.176. The number of benzene rings is 2. The standard InChI is InChI=1S/C17H16N2O6/c20-14(9-11-5-2-1-3-6-11)18-15(17(22)23)16(21)12-7-4-8-13(10-12)19(24)25/h1-8,10,15-16,21H,9H2,(H,18,20)(H,22,23)/p-1/t15-,16+/m1/s1. The summed E-state index contributed by atoms with van der Waals surface area (Å²) in [6.45, 7) is 0. The summed E-state index contributed by atoms with van der Waals surface area (Å²) in [7, 11) is 0. The Kier molecular flexibility index (Phi) is 5.80. The number of hydrogen-bond acceptors (Lipinski definition) is 6. The molecular weight excluding hydrogens is 328 g/mol. The normalized spacial score (nSPS) is 12.8. The highest BCUT2D eigenvalue weighted by Crippen LogP contribution is 2.21. The number of nitro groups is 1. The van der Waals surface area contributed by atoms with Gasteiger partial charge in [-0.15, -0.1) is 0 Å². The number of non-ortho nitro benzene ring substituents is 1. The Balaban J connectivity index is 2.14. The monoisotopic (exact) mass is 343 g/mol. The van der Waals surface area contributed by atoms with Gasteiger partial charge in [-0.2, -0.15) is 0 Å². The number of aliphatic carboxylic acids is 1. The topological polar surface area (TPSA) is 133 Å². The number of carboxylic acids is 1. The third-order valence-corrected chi connectivity index (χ3v) is 3.52. The van der Waals surface area contributed by atoms with Gasteiger partial charge in [-0.05, 0) is 11.1 Å². The van der Waals surface area contributed by atoms with Gasteiger partial charge in [0.05, 0.1) is 23.4 Å². The van der Waals surface area contributed by atoms with Gasteiger partial charge in [0.25, 0.3) is 5.69 Å². The van der Waals surface area contributed by atoms with E-state index in [1.54, 1.807) is 30.3 Å². The minimum absolute atomic E-state index is 0.0107. The van der Waals surface area contributed by atoms with Crippen molar-refractivity contribution in [3.05, 3.63) is 75.8 Å². The quantitative estimate of drug-likeness (QED) is 0.541. The summed E-state index contributed by atoms with van der Waals surface area (Å²) in [6, 6.07) is 11.8. The van der Waals surface area contributed by atoms with Crippen LogP contribution in [-0.2, 0) is 16.0 Å². The number of rotatable bonds is 7. The average Bonchev–Trinajstić information content (AvgIpc) is 2.60. The van der Waals surface area contributed by atoms with Crippen LogP contribution in [0.3, 0.4) is 0 Å². The summed E-state index contributed by atoms with van der Waals surface area (Å²) < 4.78 is 0. The molecule has 0 spiro atoms. The minimum atomic E-state index is -1.74. The molecule has 8 heteroatoms. The molecule has 2 N–H and O–H groups in total. The molecule has 8 nitrogen and oxygen atoms in total. The van der Waals surface area contributed by atoms with Gasteiger partial charge in [0.2, 0.25) is 5.91 Å². The Morgan fingerprint density at radius 2 is 1.80 bits per heavy atom. The predicted octanol–water partition coefficient (Wildman–Crippen LogP) is 0.106. The molecule has 25 heavy (non-hydrogen) atoms. The van der Waals surface area contributed by atoms with E-state index < -0.39 is 28.9 Å². The first-order chi connectivity index (χ1) is 11.9. The van der Waals surface area contributed by atoms with Crippen molar-refractivity contribution in [1.82, 2.24) is 5.32 Å². The fourth-order valence-corrected chi connectivity index (χ4v) is 2.29. The molecule has 2 aromatic carbocycles. The number of aliphatic hydroxyl groups is 1. The van der Waals surface area contributed by atoms with Gasteiger partial charge in [0.1, 0.15) is 6.10 Å². The van der Waals surface area contributed by atoms with Gasteiger partial charge in [-0.1, -0.05) is 42.5 Å². The number of nitro benzene ring substituents is 1. The Labute approximate surface area is 142 Å². The number of hydrogen-bond donors (Lipinski definition) is 2. The molecule has 0 bridgehead atoms. The molecule has 2 atom stereocenters. The van der Waals surface area contributed by atoms with Gasteiger partial charge in [0.15, 0.2) is 0 Å². The second-order valence-corrected chi connectivity index (χ2v) is 5.32. The summed E-state index contributed by atoms with van der Waals surface area (Å²) in [6.07, 6.45) is -1.77. The number of aliphatic hydroxyl groups excluding tert-OH is 1. The summed E-state index contributed by atoms with van der Waals surface area (Å²) in [5, 5.41) is 34.5. The maximum absolute atomic E-state index is 12.0. The first-order valence-electron chi connectivity index (χ1n) is 7.35. The number of nitrogens with zero attached hydrogens (tertiary/aromatic N) is 1. The second kappa shape index (κ2) is 8.02. The minimum Gasteiger partial charge on any atom is -0.548 e. The molecule has 0 heterocycles. The Morgan fingerprint density at radius 1 is 1.12 bits per heavy atom. The highest BCUT2D eigenvalue weighted by Gasteiger charge is 2.25. The molecule has 2 rings (SSSR count). The lowest BCUT2D eigenvalue weighted by Gasteiger charge is -2.25. The van der Waals surface area contributed by atoms with Crippen LogP contribution < -0.4 is 10.4 Å². The zero-order chi connectivity index (χ0) is 18.4. The van der Waals surface area contributed by atoms with E-state index in [1.165, 1.54) is 18.2 Å². The zero-order valence-corrected chi connectivity index (χ0v) is 13.0. The third-order valence-electron chi connectivity index (χ3n) is 3.52. The van der Waals surface area contributed by atoms with Gasteiger partial charge < -0.3 is 20.3 Å². The highest BCUT2D eigenvalue weighted by molar-refractivity contribution is 5.84. The number of carbonyl (C=O) groups excluding carboxylic acids is 2. The lowest BCUT2D eigenvalue weighted by Crippen LogP contribution is -2.51. The molecule has 0 aromatic heterocycles. The summed E-state index contributed by atoms with van der Waals surface area (Å²) >= 11 is 0. The first kappa shape index (κ1) is 18.1. The zero-order valence-electron chi connectivity index (χ0n) is 13.0. The van der Waals surface area contributed by atoms with Gasteiger partial charge in [-0.3, -0.25) is 14.9 Å². The Morgan fingerprint density at radius 3 is 2.40 bits per heavy atom. The van der Waals surface area contributed by atoms with Crippen LogP contribution in [0.1, 0.15) is 17.2 Å². The molecule has 0 unspecified atom stereocenters. The molecule has 0 saturated carbocycles. The van der Waals surface area contributed by atoms with E-state index in [9.17, 15) is 29.9 Å². The van der Waals surface area contributed by atoms with E-state index in [-0.39, 0.29) is 17.7 Å². The first-order valence-corrected chi connectivity index (χ1v) is 7.35. The molecule has 130 valence electrons. The van der Waals surface area contributed by atoms with Crippen LogP contribution in [0.4, 0.5) is 5.69 Å². The lowest BCUT2D eigenvalue weighted by atomic mass is 10.0. The van der Waals surface area contributed by atoms with Crippen molar-refractivity contribution in [2.75, 3.05) is 0 Å². The number of nitrogens with one attached hydrogen (secondary N) is 1. The second-order valence-electron chi connectivity index (χ2n) is 5.32. The highest BCUT2D eigenvalue weighted by atomic mass is 16.6. The van der Waals surface area contributed by atoms with Crippen molar-refractivity contribution >= 4 is 17.6 Å². The fourth-order valence-electron chi connectivity index (χ4n) is 2.29. The van der Waals surface area contributed by atoms with Crippen molar-refractivity contribution < 1.29 is 24.7 Å². The van der Waals surface area contributed by atoms with E-state index in [2.05, 4.69) is 5.32 Å². The average molecular weight is 343 g/mol. The summed E-state index contributed by atoms with van der Waals surface area (Å²) in [5.74, 6) is -2.31. The molecule has 0 aliphatic carbocycles. The molecule has 0 aliphatic rings. The van der Waals surface area contributed by atoms with E-state index in [0.29, 0.717) is 5.56 Å². The van der Waals surface area contributed by atoms with E-state index in [4.69, 9.17) is 0 Å². The largest absolute Gasteiger partial charge is 0.548 e. The Hall–Kier alpha value is -3.26. The molecule has 1 amide bonds. The predicted molar refractivity (Wildman–Crippen MR) is 85.1 cm³/mol. The lowest BCUT2D eigenvalue weighted by molar-refractivity contribution is -0.385. The van der Waals surface area contributed by atoms with Crippen LogP contribution in [0, 0.1) is 10.1 Å². The van der Waals surface area contributed by atoms with Crippen LogP contribution in [-0.4, -0.2) is 27.9 Å². The van der Waals surface area contributed by atoms with Crippen molar-refractivity contribution in [2.24, 2.45) is 0 Å². The van der Waals surface area contributed by atoms with Crippen LogP contribution in [0.15, 0.2) is 54.6 Å². The third kappa shape index (κ3) is 4.85. The van der Waals surface area contributed by atoms with Gasteiger partial charge in [-0.25, -0.2) is 0 Å². The van der Waals surface area contributed by atoms with E-state index in [1.807, 2.05) is 0 Å².